The summed E-state index contributed by atoms with van der Waals surface area (Å²) in [5, 5.41) is 7.88. The maximum absolute atomic E-state index is 5.52. The Labute approximate surface area is 136 Å². The Kier molecular flexibility index (Phi) is 5.25. The van der Waals surface area contributed by atoms with Crippen LogP contribution in [0.1, 0.15) is 30.3 Å². The number of methoxy groups -OCH3 is 1. The smallest absolute Gasteiger partial charge is 0.138 e. The molecule has 1 atom stereocenters. The average Bonchev–Trinajstić information content (AvgIpc) is 3.05. The Morgan fingerprint density at radius 1 is 1.39 bits per heavy atom. The molecule has 2 heterocycles. The summed E-state index contributed by atoms with van der Waals surface area (Å²) in [5.74, 6) is 1.97. The SMILES string of the molecule is CCOCc1cc(CNC2CCc3ncnn3C2)ccc1OC. The van der Waals surface area contributed by atoms with Crippen LogP contribution in [0.25, 0.3) is 0 Å². The molecular formula is C17H24N4O2. The van der Waals surface area contributed by atoms with E-state index in [4.69, 9.17) is 9.47 Å². The van der Waals surface area contributed by atoms with Gasteiger partial charge in [0.25, 0.3) is 0 Å². The van der Waals surface area contributed by atoms with Gasteiger partial charge < -0.3 is 14.8 Å². The van der Waals surface area contributed by atoms with Crippen molar-refractivity contribution in [3.05, 3.63) is 41.5 Å². The van der Waals surface area contributed by atoms with Crippen molar-refractivity contribution in [2.45, 2.75) is 45.5 Å². The predicted molar refractivity (Wildman–Crippen MR) is 87.3 cm³/mol. The van der Waals surface area contributed by atoms with Gasteiger partial charge in [0.05, 0.1) is 20.3 Å². The number of hydrogen-bond donors (Lipinski definition) is 1. The van der Waals surface area contributed by atoms with Crippen molar-refractivity contribution in [3.8, 4) is 5.75 Å². The zero-order chi connectivity index (χ0) is 16.1. The standard InChI is InChI=1S/C17H24N4O2/c1-3-23-11-14-8-13(4-6-16(14)22-2)9-18-15-5-7-17-19-12-20-21(17)10-15/h4,6,8,12,15,18H,3,5,7,9-11H2,1-2H3. The fraction of sp³-hybridized carbons (Fsp3) is 0.529. The molecule has 0 fully saturated rings. The van der Waals surface area contributed by atoms with Gasteiger partial charge in [0.15, 0.2) is 0 Å². The Bertz CT molecular complexity index is 641. The van der Waals surface area contributed by atoms with Gasteiger partial charge in [-0.15, -0.1) is 0 Å². The lowest BCUT2D eigenvalue weighted by Crippen LogP contribution is -2.37. The Hall–Kier alpha value is -1.92. The monoisotopic (exact) mass is 316 g/mol. The first-order valence-corrected chi connectivity index (χ1v) is 8.13. The maximum atomic E-state index is 5.52. The number of nitrogens with one attached hydrogen (secondary N) is 1. The van der Waals surface area contributed by atoms with Crippen molar-refractivity contribution in [1.29, 1.82) is 0 Å². The summed E-state index contributed by atoms with van der Waals surface area (Å²) in [6.45, 7) is 5.00. The number of aromatic nitrogens is 3. The van der Waals surface area contributed by atoms with E-state index >= 15 is 0 Å². The Morgan fingerprint density at radius 2 is 2.30 bits per heavy atom. The van der Waals surface area contributed by atoms with E-state index in [1.165, 1.54) is 5.56 Å². The summed E-state index contributed by atoms with van der Waals surface area (Å²) in [7, 11) is 1.69. The predicted octanol–water partition coefficient (Wildman–Crippen LogP) is 1.93. The molecule has 1 aliphatic heterocycles. The number of ether oxygens (including phenoxy) is 2. The number of nitrogens with zero attached hydrogens (tertiary/aromatic N) is 3. The third-order valence-corrected chi connectivity index (χ3v) is 4.21. The molecule has 124 valence electrons. The third-order valence-electron chi connectivity index (χ3n) is 4.21. The van der Waals surface area contributed by atoms with Crippen LogP contribution >= 0.6 is 0 Å². The van der Waals surface area contributed by atoms with E-state index in [-0.39, 0.29) is 0 Å². The molecular weight excluding hydrogens is 292 g/mol. The number of aryl methyl sites for hydroxylation is 1. The molecule has 23 heavy (non-hydrogen) atoms. The molecule has 0 radical (unpaired) electrons. The van der Waals surface area contributed by atoms with Crippen LogP contribution in [0.5, 0.6) is 5.75 Å². The van der Waals surface area contributed by atoms with E-state index in [1.807, 2.05) is 17.7 Å². The Morgan fingerprint density at radius 3 is 3.13 bits per heavy atom. The zero-order valence-corrected chi connectivity index (χ0v) is 13.8. The topological polar surface area (TPSA) is 61.2 Å². The van der Waals surface area contributed by atoms with Gasteiger partial charge in [0.2, 0.25) is 0 Å². The van der Waals surface area contributed by atoms with Crippen LogP contribution < -0.4 is 10.1 Å². The molecule has 1 aromatic heterocycles. The van der Waals surface area contributed by atoms with Crippen molar-refractivity contribution < 1.29 is 9.47 Å². The lowest BCUT2D eigenvalue weighted by molar-refractivity contribution is 0.132. The molecule has 0 bridgehead atoms. The van der Waals surface area contributed by atoms with Gasteiger partial charge in [0.1, 0.15) is 17.9 Å². The largest absolute Gasteiger partial charge is 0.496 e. The van der Waals surface area contributed by atoms with Crippen molar-refractivity contribution in [3.63, 3.8) is 0 Å². The van der Waals surface area contributed by atoms with Gasteiger partial charge in [-0.2, -0.15) is 5.10 Å². The van der Waals surface area contributed by atoms with E-state index in [9.17, 15) is 0 Å². The highest BCUT2D eigenvalue weighted by Crippen LogP contribution is 2.21. The first-order valence-electron chi connectivity index (χ1n) is 8.13. The lowest BCUT2D eigenvalue weighted by atomic mass is 10.1. The molecule has 0 amide bonds. The van der Waals surface area contributed by atoms with Crippen LogP contribution in [-0.2, 0) is 30.9 Å². The van der Waals surface area contributed by atoms with Crippen LogP contribution in [0.3, 0.4) is 0 Å². The highest BCUT2D eigenvalue weighted by Gasteiger charge is 2.19. The molecule has 0 aliphatic carbocycles. The molecule has 6 nitrogen and oxygen atoms in total. The van der Waals surface area contributed by atoms with Crippen LogP contribution in [0.4, 0.5) is 0 Å². The number of fused-ring (bicyclic) bond motifs is 1. The van der Waals surface area contributed by atoms with E-state index in [2.05, 4.69) is 27.5 Å². The van der Waals surface area contributed by atoms with Crippen LogP contribution in [0, 0.1) is 0 Å². The van der Waals surface area contributed by atoms with Crippen molar-refractivity contribution >= 4 is 0 Å². The van der Waals surface area contributed by atoms with E-state index in [1.54, 1.807) is 13.4 Å². The van der Waals surface area contributed by atoms with Gasteiger partial charge in [-0.1, -0.05) is 6.07 Å². The molecule has 1 unspecified atom stereocenters. The second-order valence-electron chi connectivity index (χ2n) is 5.76. The highest BCUT2D eigenvalue weighted by molar-refractivity contribution is 5.37. The van der Waals surface area contributed by atoms with Crippen LogP contribution in [0.15, 0.2) is 24.5 Å². The second-order valence-corrected chi connectivity index (χ2v) is 5.76. The number of hydrogen-bond acceptors (Lipinski definition) is 5. The van der Waals surface area contributed by atoms with E-state index in [0.29, 0.717) is 19.3 Å². The minimum atomic E-state index is 0.432. The summed E-state index contributed by atoms with van der Waals surface area (Å²) in [4.78, 5) is 4.27. The fourth-order valence-corrected chi connectivity index (χ4v) is 2.93. The number of benzene rings is 1. The normalized spacial score (nSPS) is 17.0. The molecule has 6 heteroatoms. The highest BCUT2D eigenvalue weighted by atomic mass is 16.5. The first kappa shape index (κ1) is 16.0. The fourth-order valence-electron chi connectivity index (χ4n) is 2.93. The van der Waals surface area contributed by atoms with Crippen molar-refractivity contribution in [1.82, 2.24) is 20.1 Å². The summed E-state index contributed by atoms with van der Waals surface area (Å²) in [5.41, 5.74) is 2.33. The van der Waals surface area contributed by atoms with Gasteiger partial charge in [-0.3, -0.25) is 0 Å². The van der Waals surface area contributed by atoms with Gasteiger partial charge in [0, 0.05) is 31.2 Å². The lowest BCUT2D eigenvalue weighted by Gasteiger charge is -2.24. The zero-order valence-electron chi connectivity index (χ0n) is 13.8. The molecule has 0 saturated carbocycles. The van der Waals surface area contributed by atoms with Crippen LogP contribution in [-0.4, -0.2) is 34.5 Å². The molecule has 0 spiro atoms. The minimum Gasteiger partial charge on any atom is -0.496 e. The third kappa shape index (κ3) is 3.89. The molecule has 1 N–H and O–H groups in total. The van der Waals surface area contributed by atoms with Crippen molar-refractivity contribution in [2.75, 3.05) is 13.7 Å². The molecule has 1 aliphatic rings. The minimum absolute atomic E-state index is 0.432. The quantitative estimate of drug-likeness (QED) is 0.846. The molecule has 3 rings (SSSR count). The molecule has 0 saturated heterocycles. The maximum Gasteiger partial charge on any atom is 0.138 e. The van der Waals surface area contributed by atoms with Gasteiger partial charge in [-0.25, -0.2) is 9.67 Å². The van der Waals surface area contributed by atoms with E-state index < -0.39 is 0 Å². The molecule has 1 aromatic carbocycles. The average molecular weight is 316 g/mol. The Balaban J connectivity index is 1.60. The first-order chi connectivity index (χ1) is 11.3. The van der Waals surface area contributed by atoms with E-state index in [0.717, 1.165) is 43.1 Å². The second kappa shape index (κ2) is 7.57. The summed E-state index contributed by atoms with van der Waals surface area (Å²) < 4.78 is 12.9. The summed E-state index contributed by atoms with van der Waals surface area (Å²) in [6, 6.07) is 6.71. The van der Waals surface area contributed by atoms with Gasteiger partial charge in [-0.05, 0) is 31.0 Å². The molecule has 2 aromatic rings. The number of rotatable bonds is 7. The summed E-state index contributed by atoms with van der Waals surface area (Å²) in [6.07, 6.45) is 3.72. The van der Waals surface area contributed by atoms with Gasteiger partial charge >= 0.3 is 0 Å². The van der Waals surface area contributed by atoms with Crippen molar-refractivity contribution in [2.24, 2.45) is 0 Å². The summed E-state index contributed by atoms with van der Waals surface area (Å²) >= 11 is 0. The van der Waals surface area contributed by atoms with Crippen LogP contribution in [0.2, 0.25) is 0 Å².